The van der Waals surface area contributed by atoms with Crippen molar-refractivity contribution in [1.82, 2.24) is 0 Å². The highest BCUT2D eigenvalue weighted by Crippen LogP contribution is 2.36. The Morgan fingerprint density at radius 3 is 2.43 bits per heavy atom. The summed E-state index contributed by atoms with van der Waals surface area (Å²) >= 11 is 0. The average molecular weight is 434 g/mol. The van der Waals surface area contributed by atoms with Gasteiger partial charge in [-0.2, -0.15) is 0 Å². The number of amides is 1. The van der Waals surface area contributed by atoms with Gasteiger partial charge in [0.05, 0.1) is 23.6 Å². The zero-order chi connectivity index (χ0) is 21.7. The average Bonchev–Trinajstić information content (AvgIpc) is 3.20. The molecule has 0 radical (unpaired) electrons. The number of carbonyl (C=O) groups is 2. The molecule has 1 aliphatic heterocycles. The number of carbonyl (C=O) groups excluding carboxylic acids is 2. The first-order chi connectivity index (χ1) is 14.3. The molecule has 1 N–H and O–H groups in total. The lowest BCUT2D eigenvalue weighted by atomic mass is 10.2. The summed E-state index contributed by atoms with van der Waals surface area (Å²) in [6, 6.07) is 10.8. The molecule has 0 spiro atoms. The molecule has 0 saturated heterocycles. The van der Waals surface area contributed by atoms with Crippen LogP contribution in [0.1, 0.15) is 24.2 Å². The van der Waals surface area contributed by atoms with E-state index in [-0.39, 0.29) is 19.2 Å². The minimum Gasteiger partial charge on any atom is -0.462 e. The van der Waals surface area contributed by atoms with E-state index in [1.165, 1.54) is 25.1 Å². The van der Waals surface area contributed by atoms with E-state index in [0.29, 0.717) is 28.4 Å². The molecule has 0 aliphatic carbocycles. The fraction of sp³-hybridized carbons (Fsp3) is 0.300. The van der Waals surface area contributed by atoms with Crippen LogP contribution >= 0.6 is 0 Å². The van der Waals surface area contributed by atoms with Crippen LogP contribution in [0.2, 0.25) is 0 Å². The van der Waals surface area contributed by atoms with Crippen LogP contribution in [-0.2, 0) is 19.6 Å². The van der Waals surface area contributed by atoms with Gasteiger partial charge in [0.1, 0.15) is 6.54 Å². The van der Waals surface area contributed by atoms with Crippen molar-refractivity contribution in [3.8, 4) is 11.5 Å². The van der Waals surface area contributed by atoms with Crippen molar-refractivity contribution in [1.29, 1.82) is 0 Å². The first-order valence-electron chi connectivity index (χ1n) is 9.31. The van der Waals surface area contributed by atoms with Crippen LogP contribution in [0.4, 0.5) is 11.4 Å². The molecule has 0 aromatic heterocycles. The Kier molecular flexibility index (Phi) is 6.46. The summed E-state index contributed by atoms with van der Waals surface area (Å²) in [5, 5.41) is 2.64. The molecule has 30 heavy (non-hydrogen) atoms. The van der Waals surface area contributed by atoms with Gasteiger partial charge in [-0.05, 0) is 50.2 Å². The van der Waals surface area contributed by atoms with E-state index in [0.717, 1.165) is 4.31 Å². The molecule has 9 nitrogen and oxygen atoms in total. The number of nitrogens with one attached hydrogen (secondary N) is 1. The van der Waals surface area contributed by atoms with Gasteiger partial charge in [-0.25, -0.2) is 13.2 Å². The molecular formula is C20H22N2O7S. The van der Waals surface area contributed by atoms with E-state index in [1.54, 1.807) is 31.2 Å². The van der Waals surface area contributed by atoms with Gasteiger partial charge < -0.3 is 19.5 Å². The van der Waals surface area contributed by atoms with E-state index in [4.69, 9.17) is 14.2 Å². The van der Waals surface area contributed by atoms with Gasteiger partial charge in [0.25, 0.3) is 0 Å². The van der Waals surface area contributed by atoms with Crippen molar-refractivity contribution >= 4 is 33.3 Å². The quantitative estimate of drug-likeness (QED) is 0.635. The largest absolute Gasteiger partial charge is 0.462 e. The zero-order valence-corrected chi connectivity index (χ0v) is 17.4. The van der Waals surface area contributed by atoms with E-state index in [1.807, 2.05) is 0 Å². The number of benzene rings is 2. The van der Waals surface area contributed by atoms with Gasteiger partial charge in [-0.1, -0.05) is 0 Å². The first-order valence-corrected chi connectivity index (χ1v) is 10.9. The predicted molar refractivity (Wildman–Crippen MR) is 110 cm³/mol. The van der Waals surface area contributed by atoms with Gasteiger partial charge in [0.15, 0.2) is 11.5 Å². The second-order valence-electron chi connectivity index (χ2n) is 6.29. The lowest BCUT2D eigenvalue weighted by molar-refractivity contribution is -0.114. The molecular weight excluding hydrogens is 412 g/mol. The summed E-state index contributed by atoms with van der Waals surface area (Å²) in [6.07, 6.45) is 0. The van der Waals surface area contributed by atoms with Crippen molar-refractivity contribution in [2.45, 2.75) is 13.8 Å². The molecule has 3 rings (SSSR count). The predicted octanol–water partition coefficient (Wildman–Crippen LogP) is 2.39. The molecule has 0 atom stereocenters. The maximum absolute atomic E-state index is 12.6. The second-order valence-corrected chi connectivity index (χ2v) is 8.47. The fourth-order valence-electron chi connectivity index (χ4n) is 2.78. The Morgan fingerprint density at radius 2 is 1.77 bits per heavy atom. The standard InChI is InChI=1S/C20H22N2O7S/c1-3-27-20(24)14-5-7-15(8-6-14)21-19(23)12-22(30(25,26)4-2)16-9-10-17-18(11-16)29-13-28-17/h5-11H,3-4,12-13H2,1-2H3,(H,21,23). The van der Waals surface area contributed by atoms with Gasteiger partial charge in [-0.15, -0.1) is 0 Å². The topological polar surface area (TPSA) is 111 Å². The highest BCUT2D eigenvalue weighted by molar-refractivity contribution is 7.92. The number of sulfonamides is 1. The number of rotatable bonds is 8. The first kappa shape index (κ1) is 21.4. The molecule has 0 fully saturated rings. The van der Waals surface area contributed by atoms with Crippen LogP contribution in [-0.4, -0.2) is 46.0 Å². The van der Waals surface area contributed by atoms with Crippen molar-refractivity contribution in [2.75, 3.05) is 35.3 Å². The van der Waals surface area contributed by atoms with Crippen molar-refractivity contribution < 1.29 is 32.2 Å². The Labute approximate surface area is 174 Å². The third-order valence-electron chi connectivity index (χ3n) is 4.31. The molecule has 0 saturated carbocycles. The molecule has 2 aromatic rings. The summed E-state index contributed by atoms with van der Waals surface area (Å²) in [5.74, 6) is -0.243. The summed E-state index contributed by atoms with van der Waals surface area (Å²) in [7, 11) is -3.73. The Morgan fingerprint density at radius 1 is 1.07 bits per heavy atom. The van der Waals surface area contributed by atoms with Crippen LogP contribution in [0, 0.1) is 0 Å². The van der Waals surface area contributed by atoms with E-state index in [2.05, 4.69) is 5.32 Å². The lowest BCUT2D eigenvalue weighted by Crippen LogP contribution is -2.39. The number of nitrogens with zero attached hydrogens (tertiary/aromatic N) is 1. The molecule has 1 amide bonds. The van der Waals surface area contributed by atoms with Gasteiger partial charge >= 0.3 is 5.97 Å². The van der Waals surface area contributed by atoms with E-state index in [9.17, 15) is 18.0 Å². The van der Waals surface area contributed by atoms with Gasteiger partial charge in [-0.3, -0.25) is 9.10 Å². The number of esters is 1. The monoisotopic (exact) mass is 434 g/mol. The molecule has 160 valence electrons. The third kappa shape index (κ3) is 4.82. The summed E-state index contributed by atoms with van der Waals surface area (Å²) < 4.78 is 41.7. The van der Waals surface area contributed by atoms with Crippen LogP contribution in [0.5, 0.6) is 11.5 Å². The normalized spacial score (nSPS) is 12.3. The van der Waals surface area contributed by atoms with Crippen molar-refractivity contribution in [2.24, 2.45) is 0 Å². The second kappa shape index (κ2) is 9.04. The van der Waals surface area contributed by atoms with E-state index < -0.39 is 28.4 Å². The third-order valence-corrected chi connectivity index (χ3v) is 6.05. The molecule has 1 aliphatic rings. The molecule has 0 bridgehead atoms. The number of hydrogen-bond acceptors (Lipinski definition) is 7. The summed E-state index contributed by atoms with van der Waals surface area (Å²) in [6.45, 7) is 3.11. The number of anilines is 2. The van der Waals surface area contributed by atoms with Crippen molar-refractivity contribution in [3.05, 3.63) is 48.0 Å². The Balaban J connectivity index is 1.75. The van der Waals surface area contributed by atoms with Crippen LogP contribution < -0.4 is 19.1 Å². The summed E-state index contributed by atoms with van der Waals surface area (Å²) in [5.41, 5.74) is 1.08. The van der Waals surface area contributed by atoms with Crippen LogP contribution in [0.15, 0.2) is 42.5 Å². The maximum atomic E-state index is 12.6. The van der Waals surface area contributed by atoms with Gasteiger partial charge in [0, 0.05) is 11.8 Å². The van der Waals surface area contributed by atoms with Gasteiger partial charge in [0.2, 0.25) is 22.7 Å². The summed E-state index contributed by atoms with van der Waals surface area (Å²) in [4.78, 5) is 24.3. The maximum Gasteiger partial charge on any atom is 0.338 e. The minimum absolute atomic E-state index is 0.0571. The number of fused-ring (bicyclic) bond motifs is 1. The Bertz CT molecular complexity index is 1040. The van der Waals surface area contributed by atoms with Crippen molar-refractivity contribution in [3.63, 3.8) is 0 Å². The fourth-order valence-corrected chi connectivity index (χ4v) is 3.84. The molecule has 2 aromatic carbocycles. The lowest BCUT2D eigenvalue weighted by Gasteiger charge is -2.23. The number of hydrogen-bond donors (Lipinski definition) is 1. The highest BCUT2D eigenvalue weighted by atomic mass is 32.2. The van der Waals surface area contributed by atoms with Crippen LogP contribution in [0.3, 0.4) is 0 Å². The molecule has 1 heterocycles. The SMILES string of the molecule is CCOC(=O)c1ccc(NC(=O)CN(c2ccc3c(c2)OCO3)S(=O)(=O)CC)cc1. The van der Waals surface area contributed by atoms with E-state index >= 15 is 0 Å². The zero-order valence-electron chi connectivity index (χ0n) is 16.6. The highest BCUT2D eigenvalue weighted by Gasteiger charge is 2.26. The number of ether oxygens (including phenoxy) is 3. The van der Waals surface area contributed by atoms with Crippen LogP contribution in [0.25, 0.3) is 0 Å². The Hall–Kier alpha value is -3.27. The minimum atomic E-state index is -3.73. The smallest absolute Gasteiger partial charge is 0.338 e. The molecule has 10 heteroatoms. The molecule has 0 unspecified atom stereocenters.